The van der Waals surface area contributed by atoms with Crippen LogP contribution in [0.25, 0.3) is 0 Å². The number of nitrogens with zero attached hydrogens (tertiary/aromatic N) is 2. The summed E-state index contributed by atoms with van der Waals surface area (Å²) in [7, 11) is 0. The summed E-state index contributed by atoms with van der Waals surface area (Å²) >= 11 is 5.84. The standard InChI is InChI=1S/C13H14ClN3O2/c1-3-13(2)11(18)17(12(19)16-13)15-8-9-5-4-6-10(14)7-9/h4-8H,3H2,1-2H3,(H,16,19)/b15-8-/t13-/m0/s1. The summed E-state index contributed by atoms with van der Waals surface area (Å²) in [5, 5.41) is 7.97. The summed E-state index contributed by atoms with van der Waals surface area (Å²) in [5.41, 5.74) is -0.152. The molecule has 0 aromatic heterocycles. The van der Waals surface area contributed by atoms with Gasteiger partial charge in [0.15, 0.2) is 0 Å². The van der Waals surface area contributed by atoms with Crippen molar-refractivity contribution in [3.63, 3.8) is 0 Å². The Morgan fingerprint density at radius 2 is 2.21 bits per heavy atom. The van der Waals surface area contributed by atoms with Crippen molar-refractivity contribution < 1.29 is 9.59 Å². The number of rotatable bonds is 3. The molecule has 1 atom stereocenters. The van der Waals surface area contributed by atoms with Crippen molar-refractivity contribution in [2.45, 2.75) is 25.8 Å². The highest BCUT2D eigenvalue weighted by Gasteiger charge is 2.46. The van der Waals surface area contributed by atoms with Crippen LogP contribution in [0.2, 0.25) is 5.02 Å². The fourth-order valence-electron chi connectivity index (χ4n) is 1.72. The van der Waals surface area contributed by atoms with Gasteiger partial charge in [0.1, 0.15) is 5.54 Å². The number of carbonyl (C=O) groups is 2. The van der Waals surface area contributed by atoms with Crippen molar-refractivity contribution >= 4 is 29.8 Å². The molecule has 100 valence electrons. The van der Waals surface area contributed by atoms with Crippen LogP contribution >= 0.6 is 11.6 Å². The van der Waals surface area contributed by atoms with Gasteiger partial charge in [0.05, 0.1) is 6.21 Å². The average molecular weight is 280 g/mol. The zero-order chi connectivity index (χ0) is 14.0. The van der Waals surface area contributed by atoms with E-state index in [4.69, 9.17) is 11.6 Å². The molecule has 1 saturated heterocycles. The van der Waals surface area contributed by atoms with Crippen molar-refractivity contribution in [1.29, 1.82) is 0 Å². The van der Waals surface area contributed by atoms with Gasteiger partial charge in [0.25, 0.3) is 5.91 Å². The lowest BCUT2D eigenvalue weighted by atomic mass is 10.00. The van der Waals surface area contributed by atoms with E-state index in [1.165, 1.54) is 6.21 Å². The summed E-state index contributed by atoms with van der Waals surface area (Å²) in [5.74, 6) is -0.349. The van der Waals surface area contributed by atoms with Gasteiger partial charge in [-0.15, -0.1) is 5.01 Å². The number of halogens is 1. The number of urea groups is 1. The van der Waals surface area contributed by atoms with E-state index in [9.17, 15) is 9.59 Å². The number of amides is 3. The largest absolute Gasteiger partial charge is 0.346 e. The van der Waals surface area contributed by atoms with E-state index in [1.807, 2.05) is 6.92 Å². The number of hydrogen-bond donors (Lipinski definition) is 1. The zero-order valence-corrected chi connectivity index (χ0v) is 11.4. The predicted octanol–water partition coefficient (Wildman–Crippen LogP) is 2.39. The Kier molecular flexibility index (Phi) is 3.57. The van der Waals surface area contributed by atoms with Gasteiger partial charge in [-0.3, -0.25) is 4.79 Å². The molecule has 0 aliphatic carbocycles. The first-order chi connectivity index (χ1) is 8.96. The van der Waals surface area contributed by atoms with Gasteiger partial charge < -0.3 is 5.32 Å². The third kappa shape index (κ3) is 2.61. The van der Waals surface area contributed by atoms with Gasteiger partial charge >= 0.3 is 6.03 Å². The first-order valence-electron chi connectivity index (χ1n) is 5.92. The maximum absolute atomic E-state index is 12.1. The third-order valence-corrected chi connectivity index (χ3v) is 3.35. The summed E-state index contributed by atoms with van der Waals surface area (Å²) in [6, 6.07) is 6.48. The van der Waals surface area contributed by atoms with Crippen LogP contribution in [-0.4, -0.2) is 28.7 Å². The van der Waals surface area contributed by atoms with Crippen molar-refractivity contribution in [2.24, 2.45) is 5.10 Å². The molecule has 1 heterocycles. The Hall–Kier alpha value is -1.88. The molecule has 1 N–H and O–H groups in total. The molecule has 1 aliphatic heterocycles. The van der Waals surface area contributed by atoms with Crippen LogP contribution in [0.4, 0.5) is 4.79 Å². The van der Waals surface area contributed by atoms with Gasteiger partial charge in [-0.05, 0) is 31.0 Å². The number of benzene rings is 1. The SMILES string of the molecule is CC[C@]1(C)NC(=O)N(/N=C\c2cccc(Cl)c2)C1=O. The second-order valence-corrected chi connectivity index (χ2v) is 4.97. The van der Waals surface area contributed by atoms with Crippen LogP contribution in [0, 0.1) is 0 Å². The topological polar surface area (TPSA) is 61.8 Å². The minimum absolute atomic E-state index is 0.349. The lowest BCUT2D eigenvalue weighted by Gasteiger charge is -2.17. The molecule has 0 saturated carbocycles. The van der Waals surface area contributed by atoms with Crippen molar-refractivity contribution in [2.75, 3.05) is 0 Å². The van der Waals surface area contributed by atoms with Gasteiger partial charge in [0, 0.05) is 5.02 Å². The number of hydrazone groups is 1. The zero-order valence-electron chi connectivity index (χ0n) is 10.7. The Balaban J connectivity index is 2.20. The highest BCUT2D eigenvalue weighted by Crippen LogP contribution is 2.21. The Morgan fingerprint density at radius 1 is 1.47 bits per heavy atom. The molecule has 1 aromatic rings. The lowest BCUT2D eigenvalue weighted by Crippen LogP contribution is -2.42. The quantitative estimate of drug-likeness (QED) is 0.682. The molecule has 0 bridgehead atoms. The van der Waals surface area contributed by atoms with Gasteiger partial charge in [-0.25, -0.2) is 4.79 Å². The van der Waals surface area contributed by atoms with E-state index in [0.29, 0.717) is 11.4 Å². The van der Waals surface area contributed by atoms with Crippen molar-refractivity contribution in [3.05, 3.63) is 34.9 Å². The maximum Gasteiger partial charge on any atom is 0.346 e. The van der Waals surface area contributed by atoms with Gasteiger partial charge in [-0.1, -0.05) is 30.7 Å². The predicted molar refractivity (Wildman–Crippen MR) is 73.1 cm³/mol. The number of hydrogen-bond acceptors (Lipinski definition) is 3. The molecule has 2 rings (SSSR count). The summed E-state index contributed by atoms with van der Waals surface area (Å²) in [6.45, 7) is 3.52. The fourth-order valence-corrected chi connectivity index (χ4v) is 1.92. The maximum atomic E-state index is 12.1. The van der Waals surface area contributed by atoms with Gasteiger partial charge in [-0.2, -0.15) is 5.10 Å². The molecule has 19 heavy (non-hydrogen) atoms. The molecule has 1 aromatic carbocycles. The smallest absolute Gasteiger partial charge is 0.322 e. The van der Waals surface area contributed by atoms with Crippen LogP contribution < -0.4 is 5.32 Å². The van der Waals surface area contributed by atoms with Crippen LogP contribution in [0.15, 0.2) is 29.4 Å². The van der Waals surface area contributed by atoms with Crippen LogP contribution in [0.3, 0.4) is 0 Å². The molecule has 5 nitrogen and oxygen atoms in total. The summed E-state index contributed by atoms with van der Waals surface area (Å²) < 4.78 is 0. The Morgan fingerprint density at radius 3 is 2.79 bits per heavy atom. The summed E-state index contributed by atoms with van der Waals surface area (Å²) in [4.78, 5) is 23.8. The van der Waals surface area contributed by atoms with E-state index >= 15 is 0 Å². The summed E-state index contributed by atoms with van der Waals surface area (Å²) in [6.07, 6.45) is 1.95. The molecule has 0 radical (unpaired) electrons. The van der Waals surface area contributed by atoms with E-state index < -0.39 is 11.6 Å². The van der Waals surface area contributed by atoms with Gasteiger partial charge in [0.2, 0.25) is 0 Å². The highest BCUT2D eigenvalue weighted by molar-refractivity contribution is 6.30. The van der Waals surface area contributed by atoms with Crippen LogP contribution in [-0.2, 0) is 4.79 Å². The van der Waals surface area contributed by atoms with Crippen LogP contribution in [0.5, 0.6) is 0 Å². The number of carbonyl (C=O) groups excluding carboxylic acids is 2. The Labute approximate surface area is 116 Å². The van der Waals surface area contributed by atoms with Crippen LogP contribution in [0.1, 0.15) is 25.8 Å². The van der Waals surface area contributed by atoms with Crippen molar-refractivity contribution in [1.82, 2.24) is 10.3 Å². The molecule has 0 unspecified atom stereocenters. The lowest BCUT2D eigenvalue weighted by molar-refractivity contribution is -0.130. The molecule has 1 aliphatic rings. The minimum Gasteiger partial charge on any atom is -0.322 e. The average Bonchev–Trinajstić information content (AvgIpc) is 2.59. The van der Waals surface area contributed by atoms with E-state index in [2.05, 4.69) is 10.4 Å². The first kappa shape index (κ1) is 13.5. The molecular formula is C13H14ClN3O2. The van der Waals surface area contributed by atoms with Crippen molar-refractivity contribution in [3.8, 4) is 0 Å². The minimum atomic E-state index is -0.872. The second-order valence-electron chi connectivity index (χ2n) is 4.53. The number of imide groups is 1. The first-order valence-corrected chi connectivity index (χ1v) is 6.30. The van der Waals surface area contributed by atoms with E-state index in [0.717, 1.165) is 10.6 Å². The second kappa shape index (κ2) is 5.01. The van der Waals surface area contributed by atoms with E-state index in [-0.39, 0.29) is 5.91 Å². The molecular weight excluding hydrogens is 266 g/mol. The molecule has 3 amide bonds. The molecule has 0 spiro atoms. The highest BCUT2D eigenvalue weighted by atomic mass is 35.5. The van der Waals surface area contributed by atoms with E-state index in [1.54, 1.807) is 31.2 Å². The Bertz CT molecular complexity index is 559. The monoisotopic (exact) mass is 279 g/mol. The third-order valence-electron chi connectivity index (χ3n) is 3.12. The molecule has 6 heteroatoms. The fraction of sp³-hybridized carbons (Fsp3) is 0.308. The number of nitrogens with one attached hydrogen (secondary N) is 1. The molecule has 1 fully saturated rings. The normalized spacial score (nSPS) is 23.2.